The molecule has 24 heavy (non-hydrogen) atoms. The van der Waals surface area contributed by atoms with Crippen LogP contribution in [0.2, 0.25) is 0 Å². The highest BCUT2D eigenvalue weighted by Crippen LogP contribution is 2.22. The molecule has 1 aliphatic rings. The molecular weight excluding hydrogens is 322 g/mol. The number of hydrogen-bond acceptors (Lipinski definition) is 4. The van der Waals surface area contributed by atoms with Crippen LogP contribution in [0.4, 0.5) is 0 Å². The summed E-state index contributed by atoms with van der Waals surface area (Å²) in [7, 11) is 0. The average Bonchev–Trinajstić information content (AvgIpc) is 3.16. The average molecular weight is 343 g/mol. The summed E-state index contributed by atoms with van der Waals surface area (Å²) in [6.45, 7) is 3.25. The van der Waals surface area contributed by atoms with Gasteiger partial charge in [0.2, 0.25) is 5.91 Å². The van der Waals surface area contributed by atoms with Crippen molar-refractivity contribution in [1.82, 2.24) is 15.2 Å². The molecule has 0 aliphatic carbocycles. The number of rotatable bonds is 4. The highest BCUT2D eigenvalue weighted by molar-refractivity contribution is 7.12. The van der Waals surface area contributed by atoms with Gasteiger partial charge in [0.05, 0.1) is 10.9 Å². The highest BCUT2D eigenvalue weighted by atomic mass is 32.1. The number of carbonyl (C=O) groups is 2. The van der Waals surface area contributed by atoms with Crippen LogP contribution in [-0.2, 0) is 4.79 Å². The number of aromatic nitrogens is 1. The van der Waals surface area contributed by atoms with Crippen LogP contribution >= 0.6 is 11.3 Å². The van der Waals surface area contributed by atoms with E-state index in [1.807, 2.05) is 41.5 Å². The number of thiophene rings is 1. The Kier molecular flexibility index (Phi) is 5.25. The Labute approximate surface area is 145 Å². The van der Waals surface area contributed by atoms with E-state index < -0.39 is 0 Å². The molecule has 2 aromatic rings. The minimum atomic E-state index is -0.0359. The van der Waals surface area contributed by atoms with Crippen molar-refractivity contribution < 1.29 is 9.59 Å². The van der Waals surface area contributed by atoms with Gasteiger partial charge in [-0.25, -0.2) is 0 Å². The molecule has 1 fully saturated rings. The molecule has 3 heterocycles. The largest absolute Gasteiger partial charge is 0.349 e. The van der Waals surface area contributed by atoms with Gasteiger partial charge in [0, 0.05) is 31.4 Å². The molecule has 1 aliphatic heterocycles. The molecule has 2 aromatic heterocycles. The minimum absolute atomic E-state index is 0.0262. The predicted molar refractivity (Wildman–Crippen MR) is 93.7 cm³/mol. The van der Waals surface area contributed by atoms with E-state index in [0.29, 0.717) is 25.9 Å². The van der Waals surface area contributed by atoms with Crippen LogP contribution < -0.4 is 5.32 Å². The number of carbonyl (C=O) groups excluding carboxylic acids is 2. The lowest BCUT2D eigenvalue weighted by atomic mass is 9.95. The molecule has 0 spiro atoms. The first-order valence-corrected chi connectivity index (χ1v) is 9.06. The molecule has 126 valence electrons. The van der Waals surface area contributed by atoms with Crippen molar-refractivity contribution in [3.05, 3.63) is 52.5 Å². The standard InChI is InChI=1S/C18H21N3O2S/c1-13(14-4-8-19-9-5-14)20-17(22)15-6-10-21(11-7-15)18(23)16-3-2-12-24-16/h2-5,8-9,12-13,15H,6-7,10-11H2,1H3,(H,20,22)/t13-/m0/s1. The fourth-order valence-electron chi connectivity index (χ4n) is 2.97. The van der Waals surface area contributed by atoms with Crippen molar-refractivity contribution in [2.75, 3.05) is 13.1 Å². The van der Waals surface area contributed by atoms with Crippen LogP contribution in [0.5, 0.6) is 0 Å². The van der Waals surface area contributed by atoms with E-state index in [4.69, 9.17) is 0 Å². The monoisotopic (exact) mass is 343 g/mol. The van der Waals surface area contributed by atoms with Crippen LogP contribution in [0.1, 0.15) is 41.0 Å². The molecular formula is C18H21N3O2S. The molecule has 0 aromatic carbocycles. The first-order chi connectivity index (χ1) is 11.6. The quantitative estimate of drug-likeness (QED) is 0.928. The van der Waals surface area contributed by atoms with E-state index in [1.165, 1.54) is 11.3 Å². The third kappa shape index (κ3) is 3.82. The molecule has 0 bridgehead atoms. The van der Waals surface area contributed by atoms with Crippen LogP contribution in [0, 0.1) is 5.92 Å². The summed E-state index contributed by atoms with van der Waals surface area (Å²) in [6, 6.07) is 7.52. The Morgan fingerprint density at radius 1 is 1.25 bits per heavy atom. The molecule has 5 nitrogen and oxygen atoms in total. The lowest BCUT2D eigenvalue weighted by Crippen LogP contribution is -2.43. The maximum atomic E-state index is 12.5. The van der Waals surface area contributed by atoms with Gasteiger partial charge in [0.25, 0.3) is 5.91 Å². The van der Waals surface area contributed by atoms with Gasteiger partial charge in [-0.1, -0.05) is 6.07 Å². The molecule has 0 saturated carbocycles. The third-order valence-electron chi connectivity index (χ3n) is 4.45. The van der Waals surface area contributed by atoms with Gasteiger partial charge in [-0.15, -0.1) is 11.3 Å². The number of piperidine rings is 1. The second-order valence-electron chi connectivity index (χ2n) is 6.05. The van der Waals surface area contributed by atoms with E-state index in [1.54, 1.807) is 12.4 Å². The molecule has 6 heteroatoms. The topological polar surface area (TPSA) is 62.3 Å². The summed E-state index contributed by atoms with van der Waals surface area (Å²) in [5.74, 6) is 0.123. The zero-order valence-electron chi connectivity index (χ0n) is 13.6. The Morgan fingerprint density at radius 2 is 1.96 bits per heavy atom. The fourth-order valence-corrected chi connectivity index (χ4v) is 3.66. The van der Waals surface area contributed by atoms with Gasteiger partial charge < -0.3 is 10.2 Å². The lowest BCUT2D eigenvalue weighted by molar-refractivity contribution is -0.126. The van der Waals surface area contributed by atoms with E-state index in [0.717, 1.165) is 10.4 Å². The summed E-state index contributed by atoms with van der Waals surface area (Å²) >= 11 is 1.46. The molecule has 0 unspecified atom stereocenters. The normalized spacial score (nSPS) is 16.6. The van der Waals surface area contributed by atoms with Crippen molar-refractivity contribution in [2.24, 2.45) is 5.92 Å². The van der Waals surface area contributed by atoms with Crippen LogP contribution in [0.15, 0.2) is 42.0 Å². The Bertz CT molecular complexity index is 680. The van der Waals surface area contributed by atoms with Gasteiger partial charge >= 0.3 is 0 Å². The number of likely N-dealkylation sites (tertiary alicyclic amines) is 1. The highest BCUT2D eigenvalue weighted by Gasteiger charge is 2.28. The van der Waals surface area contributed by atoms with E-state index in [9.17, 15) is 9.59 Å². The first-order valence-electron chi connectivity index (χ1n) is 8.18. The molecule has 1 saturated heterocycles. The summed E-state index contributed by atoms with van der Waals surface area (Å²) in [5.41, 5.74) is 1.05. The second kappa shape index (κ2) is 7.57. The summed E-state index contributed by atoms with van der Waals surface area (Å²) in [6.07, 6.45) is 4.89. The zero-order chi connectivity index (χ0) is 16.9. The first kappa shape index (κ1) is 16.6. The maximum Gasteiger partial charge on any atom is 0.263 e. The number of nitrogens with zero attached hydrogens (tertiary/aromatic N) is 2. The Morgan fingerprint density at radius 3 is 2.58 bits per heavy atom. The maximum absolute atomic E-state index is 12.5. The van der Waals surface area contributed by atoms with E-state index >= 15 is 0 Å². The molecule has 3 rings (SSSR count). The van der Waals surface area contributed by atoms with Crippen molar-refractivity contribution >= 4 is 23.2 Å². The molecule has 1 N–H and O–H groups in total. The van der Waals surface area contributed by atoms with Gasteiger partial charge in [-0.05, 0) is 48.9 Å². The minimum Gasteiger partial charge on any atom is -0.349 e. The summed E-state index contributed by atoms with van der Waals surface area (Å²) in [4.78, 5) is 31.4. The van der Waals surface area contributed by atoms with Crippen LogP contribution in [-0.4, -0.2) is 34.8 Å². The zero-order valence-corrected chi connectivity index (χ0v) is 14.5. The van der Waals surface area contributed by atoms with E-state index in [2.05, 4.69) is 10.3 Å². The van der Waals surface area contributed by atoms with E-state index in [-0.39, 0.29) is 23.8 Å². The van der Waals surface area contributed by atoms with Crippen LogP contribution in [0.25, 0.3) is 0 Å². The smallest absolute Gasteiger partial charge is 0.263 e. The molecule has 2 amide bonds. The fraction of sp³-hybridized carbons (Fsp3) is 0.389. The SMILES string of the molecule is C[C@H](NC(=O)C1CCN(C(=O)c2cccs2)CC1)c1ccncc1. The number of nitrogens with one attached hydrogen (secondary N) is 1. The molecule has 1 atom stereocenters. The third-order valence-corrected chi connectivity index (χ3v) is 5.31. The number of pyridine rings is 1. The molecule has 0 radical (unpaired) electrons. The van der Waals surface area contributed by atoms with Gasteiger partial charge in [0.15, 0.2) is 0 Å². The van der Waals surface area contributed by atoms with Crippen molar-refractivity contribution in [1.29, 1.82) is 0 Å². The Balaban J connectivity index is 1.51. The lowest BCUT2D eigenvalue weighted by Gasteiger charge is -2.31. The Hall–Kier alpha value is -2.21. The van der Waals surface area contributed by atoms with Crippen molar-refractivity contribution in [2.45, 2.75) is 25.8 Å². The summed E-state index contributed by atoms with van der Waals surface area (Å²) in [5, 5.41) is 4.98. The van der Waals surface area contributed by atoms with Gasteiger partial charge in [-0.3, -0.25) is 14.6 Å². The second-order valence-corrected chi connectivity index (χ2v) is 7.00. The van der Waals surface area contributed by atoms with Crippen molar-refractivity contribution in [3.8, 4) is 0 Å². The number of hydrogen-bond donors (Lipinski definition) is 1. The predicted octanol–water partition coefficient (Wildman–Crippen LogP) is 2.87. The van der Waals surface area contributed by atoms with Gasteiger partial charge in [0.1, 0.15) is 0 Å². The van der Waals surface area contributed by atoms with Gasteiger partial charge in [-0.2, -0.15) is 0 Å². The summed E-state index contributed by atoms with van der Waals surface area (Å²) < 4.78 is 0. The van der Waals surface area contributed by atoms with Crippen molar-refractivity contribution in [3.63, 3.8) is 0 Å². The van der Waals surface area contributed by atoms with Crippen LogP contribution in [0.3, 0.4) is 0 Å². The number of amides is 2.